The number of aryl methyl sites for hydroxylation is 2. The van der Waals surface area contributed by atoms with Gasteiger partial charge in [-0.3, -0.25) is 0 Å². The molecule has 0 bridgehead atoms. The molecule has 2 aliphatic carbocycles. The van der Waals surface area contributed by atoms with E-state index >= 15 is 0 Å². The number of benzene rings is 4. The van der Waals surface area contributed by atoms with Gasteiger partial charge in [0, 0.05) is 0 Å². The molecule has 0 radical (unpaired) electrons. The first-order chi connectivity index (χ1) is 20.9. The molecule has 3 heteroatoms. The van der Waals surface area contributed by atoms with Crippen LogP contribution in [0.2, 0.25) is 0 Å². The number of halogens is 2. The van der Waals surface area contributed by atoms with Crippen LogP contribution >= 0.6 is 0 Å². The summed E-state index contributed by atoms with van der Waals surface area (Å²) in [5, 5.41) is 0. The van der Waals surface area contributed by atoms with Crippen LogP contribution in [0.15, 0.2) is 106 Å². The average molecular weight is 727 g/mol. The van der Waals surface area contributed by atoms with E-state index in [0.29, 0.717) is 3.63 Å². The van der Waals surface area contributed by atoms with Crippen LogP contribution < -0.4 is 24.8 Å². The van der Waals surface area contributed by atoms with Crippen LogP contribution in [0, 0.1) is 13.8 Å². The molecule has 0 amide bonds. The second kappa shape index (κ2) is 14.4. The van der Waals surface area contributed by atoms with Crippen molar-refractivity contribution in [2.24, 2.45) is 0 Å². The second-order valence-corrected chi connectivity index (χ2v) is 22.0. The first kappa shape index (κ1) is 36.5. The number of allylic oxidation sites excluding steroid dienone is 4. The number of hydrogen-bond donors (Lipinski definition) is 0. The van der Waals surface area contributed by atoms with Crippen LogP contribution in [0.25, 0.3) is 11.1 Å². The van der Waals surface area contributed by atoms with E-state index < -0.39 is 21.3 Å². The molecule has 46 heavy (non-hydrogen) atoms. The molecule has 0 N–H and O–H groups in total. The van der Waals surface area contributed by atoms with E-state index in [1.807, 2.05) is 0 Å². The summed E-state index contributed by atoms with van der Waals surface area (Å²) in [6.07, 6.45) is 10.5. The number of hydrogen-bond acceptors (Lipinski definition) is 0. The minimum Gasteiger partial charge on any atom is -1.00 e. The molecular formula is C43H48Cl2Zr. The smallest absolute Gasteiger partial charge is 1.00 e. The van der Waals surface area contributed by atoms with E-state index in [0.717, 1.165) is 19.3 Å². The normalized spacial score (nSPS) is 13.6. The molecule has 238 valence electrons. The van der Waals surface area contributed by atoms with Gasteiger partial charge >= 0.3 is 276 Å². The first-order valence-electron chi connectivity index (χ1n) is 16.4. The molecule has 0 atom stereocenters. The second-order valence-electron chi connectivity index (χ2n) is 15.2. The maximum atomic E-state index is 2.54. The van der Waals surface area contributed by atoms with Gasteiger partial charge in [0.05, 0.1) is 0 Å². The van der Waals surface area contributed by atoms with Gasteiger partial charge in [-0.2, -0.15) is 0 Å². The summed E-state index contributed by atoms with van der Waals surface area (Å²) in [5.41, 5.74) is 14.8. The molecule has 0 saturated heterocycles. The van der Waals surface area contributed by atoms with Gasteiger partial charge in [0.25, 0.3) is 0 Å². The topological polar surface area (TPSA) is 0 Å². The monoisotopic (exact) mass is 724 g/mol. The largest absolute Gasteiger partial charge is 1.00 e. The zero-order chi connectivity index (χ0) is 31.2. The Labute approximate surface area is 298 Å². The molecule has 6 rings (SSSR count). The van der Waals surface area contributed by atoms with E-state index in [1.165, 1.54) is 44.5 Å². The Morgan fingerprint density at radius 2 is 1.07 bits per heavy atom. The van der Waals surface area contributed by atoms with Crippen LogP contribution in [-0.4, -0.2) is 3.21 Å². The minimum absolute atomic E-state index is 0. The Bertz CT molecular complexity index is 1680. The van der Waals surface area contributed by atoms with Crippen LogP contribution in [0.5, 0.6) is 0 Å². The van der Waals surface area contributed by atoms with Crippen molar-refractivity contribution in [2.45, 2.75) is 89.1 Å². The third-order valence-corrected chi connectivity index (χ3v) is 17.9. The molecule has 0 nitrogen and oxygen atoms in total. The SMILES string of the molecule is Cc1ccc(C[C](Cc2ccc(C)cc2)=[Zr+2]([C]2=CC=CC2)[CH]2c3ccc(C(C)(C)C)cc3-c3cc(C(C)(C)C)ccc32)cc1.[Cl-].[Cl-]. The summed E-state index contributed by atoms with van der Waals surface area (Å²) in [6.45, 7) is 18.5. The minimum atomic E-state index is -2.53. The predicted molar refractivity (Wildman–Crippen MR) is 188 cm³/mol. The fourth-order valence-corrected chi connectivity index (χ4v) is 16.2. The van der Waals surface area contributed by atoms with E-state index in [2.05, 4.69) is 159 Å². The Balaban J connectivity index is 0.00000240. The third-order valence-electron chi connectivity index (χ3n) is 9.61. The Morgan fingerprint density at radius 1 is 0.630 bits per heavy atom. The molecule has 0 spiro atoms. The maximum Gasteiger partial charge on any atom is -1.00 e. The van der Waals surface area contributed by atoms with Crippen molar-refractivity contribution in [1.82, 2.24) is 0 Å². The predicted octanol–water partition coefficient (Wildman–Crippen LogP) is 5.10. The molecule has 2 aliphatic rings. The van der Waals surface area contributed by atoms with E-state index in [4.69, 9.17) is 0 Å². The summed E-state index contributed by atoms with van der Waals surface area (Å²) < 4.78 is 4.03. The molecule has 0 unspecified atom stereocenters. The van der Waals surface area contributed by atoms with Gasteiger partial charge in [-0.15, -0.1) is 0 Å². The Morgan fingerprint density at radius 3 is 1.43 bits per heavy atom. The van der Waals surface area contributed by atoms with Crippen molar-refractivity contribution in [1.29, 1.82) is 0 Å². The van der Waals surface area contributed by atoms with Crippen molar-refractivity contribution in [2.75, 3.05) is 0 Å². The summed E-state index contributed by atoms with van der Waals surface area (Å²) in [6, 6.07) is 33.7. The van der Waals surface area contributed by atoms with Crippen LogP contribution in [0.4, 0.5) is 0 Å². The average Bonchev–Trinajstić information content (AvgIpc) is 3.61. The van der Waals surface area contributed by atoms with E-state index in [9.17, 15) is 0 Å². The summed E-state index contributed by atoms with van der Waals surface area (Å²) in [5.74, 6) is 0. The van der Waals surface area contributed by atoms with Crippen molar-refractivity contribution in [3.8, 4) is 11.1 Å². The standard InChI is InChI=1S/C21H25.C17H18.C5H5.2ClH.Zr/c1-20(2,3)16-9-7-14-11-15-8-10-17(21(4,5)6)13-19(15)18(14)12-16;1-14-6-10-16(11-7-14)4-3-5-17-12-8-15(2)9-13-17;1-2-4-5-3-1;;;/h7-13H,1-6H3;6-13H,4-5H2,1-2H3;1-3H,4H2;2*1H;/q;;;;;+2/p-2. The number of fused-ring (bicyclic) bond motifs is 3. The van der Waals surface area contributed by atoms with Gasteiger partial charge < -0.3 is 24.8 Å². The van der Waals surface area contributed by atoms with Crippen molar-refractivity contribution >= 4 is 3.21 Å². The van der Waals surface area contributed by atoms with Crippen molar-refractivity contribution in [3.63, 3.8) is 0 Å². The summed E-state index contributed by atoms with van der Waals surface area (Å²) in [7, 11) is 0. The van der Waals surface area contributed by atoms with Crippen LogP contribution in [0.3, 0.4) is 0 Å². The Kier molecular flexibility index (Phi) is 11.5. The van der Waals surface area contributed by atoms with E-state index in [1.54, 1.807) is 17.6 Å². The fraction of sp³-hybridized carbons (Fsp3) is 0.326. The molecule has 4 aromatic rings. The first-order valence-corrected chi connectivity index (χ1v) is 20.2. The van der Waals surface area contributed by atoms with Gasteiger partial charge in [-0.25, -0.2) is 0 Å². The molecule has 0 heterocycles. The number of rotatable bonds is 6. The van der Waals surface area contributed by atoms with Gasteiger partial charge in [0.1, 0.15) is 0 Å². The molecule has 0 aromatic heterocycles. The zero-order valence-corrected chi connectivity index (χ0v) is 32.7. The maximum absolute atomic E-state index is 2.54. The Hall–Kier alpha value is -2.31. The third kappa shape index (κ3) is 7.70. The fourth-order valence-electron chi connectivity index (χ4n) is 6.92. The van der Waals surface area contributed by atoms with Gasteiger partial charge in [-0.05, 0) is 0 Å². The molecule has 0 aliphatic heterocycles. The molecule has 4 aromatic carbocycles. The molecule has 0 saturated carbocycles. The zero-order valence-electron chi connectivity index (χ0n) is 28.8. The van der Waals surface area contributed by atoms with Gasteiger partial charge in [-0.1, -0.05) is 0 Å². The van der Waals surface area contributed by atoms with Crippen LogP contribution in [0.1, 0.15) is 96.1 Å². The van der Waals surface area contributed by atoms with Gasteiger partial charge in [0.15, 0.2) is 0 Å². The quantitative estimate of drug-likeness (QED) is 0.260. The van der Waals surface area contributed by atoms with Crippen LogP contribution in [-0.2, 0) is 44.9 Å². The van der Waals surface area contributed by atoms with Crippen molar-refractivity contribution in [3.05, 3.63) is 151 Å². The molecular weight excluding hydrogens is 679 g/mol. The summed E-state index contributed by atoms with van der Waals surface area (Å²) >= 11 is -2.53. The molecule has 0 fully saturated rings. The van der Waals surface area contributed by atoms with E-state index in [-0.39, 0.29) is 35.6 Å². The van der Waals surface area contributed by atoms with Gasteiger partial charge in [0.2, 0.25) is 0 Å². The summed E-state index contributed by atoms with van der Waals surface area (Å²) in [4.78, 5) is 0. The van der Waals surface area contributed by atoms with Crippen molar-refractivity contribution < 1.29 is 46.1 Å².